The summed E-state index contributed by atoms with van der Waals surface area (Å²) >= 11 is 0. The molecule has 35 heavy (non-hydrogen) atoms. The third kappa shape index (κ3) is 7.51. The first-order valence-corrected chi connectivity index (χ1v) is 10.6. The van der Waals surface area contributed by atoms with Crippen molar-refractivity contribution in [3.8, 4) is 23.0 Å². The number of amides is 1. The van der Waals surface area contributed by atoms with Gasteiger partial charge < -0.3 is 24.9 Å². The number of nitrogens with one attached hydrogen (secondary N) is 1. The van der Waals surface area contributed by atoms with E-state index in [4.69, 9.17) is 14.9 Å². The first kappa shape index (κ1) is 28.3. The number of ether oxygens (including phenoxy) is 2. The van der Waals surface area contributed by atoms with Crippen LogP contribution in [0, 0.1) is 5.92 Å². The van der Waals surface area contributed by atoms with Crippen LogP contribution in [0.4, 0.5) is 8.78 Å². The first-order chi connectivity index (χ1) is 15.9. The number of nitrogens with two attached hydrogens (primary N) is 1. The monoisotopic (exact) mass is 530 g/mol. The molecule has 1 amide bonds. The number of alkyl halides is 2. The molecule has 1 fully saturated rings. The van der Waals surface area contributed by atoms with Gasteiger partial charge in [-0.05, 0) is 56.0 Å². The molecule has 190 valence electrons. The summed E-state index contributed by atoms with van der Waals surface area (Å²) in [4.78, 5) is 21.3. The Hall–Kier alpha value is -2.95. The minimum Gasteiger partial charge on any atom is -0.489 e. The Morgan fingerprint density at radius 1 is 1.23 bits per heavy atom. The van der Waals surface area contributed by atoms with Crippen molar-refractivity contribution in [3.63, 3.8) is 0 Å². The minimum absolute atomic E-state index is 0. The molecule has 2 heterocycles. The van der Waals surface area contributed by atoms with E-state index in [1.165, 1.54) is 18.2 Å². The van der Waals surface area contributed by atoms with Gasteiger partial charge in [0.1, 0.15) is 0 Å². The van der Waals surface area contributed by atoms with Crippen LogP contribution in [0.2, 0.25) is 0 Å². The standard InChI is InChI=1S/C23H24F2N4O4.2ClH/c1-13(26)20-19(21(30)28-11-16-4-2-3-9-27-16)29-22(33-20)15-7-8-17(32-23(24)25)18(10-15)31-12-14-5-6-14;;/h2-4,7-10,13-14,23H,5-6,11-12,26H2,1H3,(H,28,30);2*1H. The van der Waals surface area contributed by atoms with Crippen molar-refractivity contribution in [2.45, 2.75) is 39.0 Å². The Labute approximate surface area is 213 Å². The largest absolute Gasteiger partial charge is 0.489 e. The van der Waals surface area contributed by atoms with Gasteiger partial charge in [0.25, 0.3) is 5.91 Å². The second-order valence-corrected chi connectivity index (χ2v) is 7.82. The summed E-state index contributed by atoms with van der Waals surface area (Å²) in [5.41, 5.74) is 7.16. The van der Waals surface area contributed by atoms with Gasteiger partial charge >= 0.3 is 6.61 Å². The highest BCUT2D eigenvalue weighted by Gasteiger charge is 2.26. The molecule has 0 aliphatic heterocycles. The maximum Gasteiger partial charge on any atom is 0.387 e. The lowest BCUT2D eigenvalue weighted by Crippen LogP contribution is -2.25. The third-order valence-electron chi connectivity index (χ3n) is 5.02. The molecule has 12 heteroatoms. The summed E-state index contributed by atoms with van der Waals surface area (Å²) in [7, 11) is 0. The SMILES string of the molecule is CC(N)c1oc(-c2ccc(OC(F)F)c(OCC3CC3)c2)nc1C(=O)NCc1ccccn1.Cl.Cl. The van der Waals surface area contributed by atoms with Gasteiger partial charge in [-0.15, -0.1) is 24.8 Å². The highest BCUT2D eigenvalue weighted by Crippen LogP contribution is 2.37. The van der Waals surface area contributed by atoms with Crippen LogP contribution in [-0.2, 0) is 6.54 Å². The van der Waals surface area contributed by atoms with Crippen LogP contribution in [0.1, 0.15) is 47.7 Å². The molecular weight excluding hydrogens is 505 g/mol. The third-order valence-corrected chi connectivity index (χ3v) is 5.02. The van der Waals surface area contributed by atoms with Gasteiger partial charge in [0, 0.05) is 11.8 Å². The Morgan fingerprint density at radius 3 is 2.63 bits per heavy atom. The van der Waals surface area contributed by atoms with E-state index in [1.54, 1.807) is 25.3 Å². The summed E-state index contributed by atoms with van der Waals surface area (Å²) in [6.45, 7) is -0.705. The number of hydrogen-bond acceptors (Lipinski definition) is 7. The zero-order valence-electron chi connectivity index (χ0n) is 18.8. The highest BCUT2D eigenvalue weighted by atomic mass is 35.5. The van der Waals surface area contributed by atoms with Crippen LogP contribution in [0.5, 0.6) is 11.5 Å². The number of carbonyl (C=O) groups excluding carboxylic acids is 1. The van der Waals surface area contributed by atoms with Crippen LogP contribution in [-0.4, -0.2) is 29.1 Å². The lowest BCUT2D eigenvalue weighted by Gasteiger charge is -2.12. The minimum atomic E-state index is -2.99. The second kappa shape index (κ2) is 12.7. The van der Waals surface area contributed by atoms with E-state index < -0.39 is 18.6 Å². The average Bonchev–Trinajstić information content (AvgIpc) is 3.52. The van der Waals surface area contributed by atoms with Crippen molar-refractivity contribution in [1.82, 2.24) is 15.3 Å². The molecule has 0 radical (unpaired) electrons. The lowest BCUT2D eigenvalue weighted by molar-refractivity contribution is -0.0515. The quantitative estimate of drug-likeness (QED) is 0.382. The molecular formula is C23H26Cl2F2N4O4. The Balaban J connectivity index is 0.00000216. The number of hydrogen-bond donors (Lipinski definition) is 2. The van der Waals surface area contributed by atoms with E-state index in [1.807, 2.05) is 6.07 Å². The molecule has 1 aromatic carbocycles. The van der Waals surface area contributed by atoms with Crippen molar-refractivity contribution in [1.29, 1.82) is 0 Å². The number of oxazole rings is 1. The van der Waals surface area contributed by atoms with Crippen molar-refractivity contribution in [2.75, 3.05) is 6.61 Å². The van der Waals surface area contributed by atoms with Crippen molar-refractivity contribution < 1.29 is 27.5 Å². The van der Waals surface area contributed by atoms with Crippen LogP contribution >= 0.6 is 24.8 Å². The molecule has 1 aliphatic carbocycles. The van der Waals surface area contributed by atoms with E-state index in [0.29, 0.717) is 23.8 Å². The summed E-state index contributed by atoms with van der Waals surface area (Å²) in [5, 5.41) is 2.75. The van der Waals surface area contributed by atoms with Gasteiger partial charge in [0.05, 0.1) is 24.9 Å². The number of benzene rings is 1. The zero-order chi connectivity index (χ0) is 23.4. The molecule has 1 aliphatic rings. The summed E-state index contributed by atoms with van der Waals surface area (Å²) in [6, 6.07) is 9.16. The Morgan fingerprint density at radius 2 is 2.00 bits per heavy atom. The number of pyridine rings is 1. The predicted molar refractivity (Wildman–Crippen MR) is 129 cm³/mol. The number of nitrogens with zero attached hydrogens (tertiary/aromatic N) is 2. The van der Waals surface area contributed by atoms with Gasteiger partial charge in [-0.1, -0.05) is 6.07 Å². The van der Waals surface area contributed by atoms with Crippen LogP contribution in [0.3, 0.4) is 0 Å². The number of halogens is 4. The Bertz CT molecular complexity index is 1110. The molecule has 1 saturated carbocycles. The van der Waals surface area contributed by atoms with Crippen LogP contribution < -0.4 is 20.5 Å². The van der Waals surface area contributed by atoms with Crippen LogP contribution in [0.25, 0.3) is 11.5 Å². The van der Waals surface area contributed by atoms with Crippen molar-refractivity contribution in [2.24, 2.45) is 11.7 Å². The zero-order valence-corrected chi connectivity index (χ0v) is 20.4. The van der Waals surface area contributed by atoms with Gasteiger partial charge in [-0.3, -0.25) is 9.78 Å². The smallest absolute Gasteiger partial charge is 0.387 e. The maximum absolute atomic E-state index is 12.8. The van der Waals surface area contributed by atoms with E-state index in [2.05, 4.69) is 20.0 Å². The summed E-state index contributed by atoms with van der Waals surface area (Å²) in [5.74, 6) is 0.338. The van der Waals surface area contributed by atoms with Gasteiger partial charge in [0.15, 0.2) is 23.0 Å². The highest BCUT2D eigenvalue weighted by molar-refractivity contribution is 5.93. The molecule has 4 rings (SSSR count). The molecule has 0 saturated heterocycles. The maximum atomic E-state index is 12.8. The number of aromatic nitrogens is 2. The topological polar surface area (TPSA) is 113 Å². The molecule has 2 aromatic heterocycles. The molecule has 3 aromatic rings. The molecule has 8 nitrogen and oxygen atoms in total. The van der Waals surface area contributed by atoms with E-state index in [0.717, 1.165) is 12.8 Å². The normalized spacial score (nSPS) is 13.4. The first-order valence-electron chi connectivity index (χ1n) is 10.6. The fourth-order valence-corrected chi connectivity index (χ4v) is 3.12. The molecule has 3 N–H and O–H groups in total. The summed E-state index contributed by atoms with van der Waals surface area (Å²) < 4.78 is 41.7. The fraction of sp³-hybridized carbons (Fsp3) is 0.348. The fourth-order valence-electron chi connectivity index (χ4n) is 3.12. The predicted octanol–water partition coefficient (Wildman–Crippen LogP) is 4.92. The Kier molecular flexibility index (Phi) is 10.2. The van der Waals surface area contributed by atoms with E-state index in [-0.39, 0.29) is 60.2 Å². The number of rotatable bonds is 10. The van der Waals surface area contributed by atoms with E-state index in [9.17, 15) is 13.6 Å². The lowest BCUT2D eigenvalue weighted by atomic mass is 10.2. The molecule has 1 atom stereocenters. The molecule has 0 spiro atoms. The van der Waals surface area contributed by atoms with Gasteiger partial charge in [-0.25, -0.2) is 4.98 Å². The summed E-state index contributed by atoms with van der Waals surface area (Å²) in [6.07, 6.45) is 3.71. The second-order valence-electron chi connectivity index (χ2n) is 7.82. The van der Waals surface area contributed by atoms with Crippen molar-refractivity contribution in [3.05, 3.63) is 59.7 Å². The van der Waals surface area contributed by atoms with Crippen molar-refractivity contribution >= 4 is 30.7 Å². The van der Waals surface area contributed by atoms with Gasteiger partial charge in [0.2, 0.25) is 5.89 Å². The average molecular weight is 531 g/mol. The van der Waals surface area contributed by atoms with Gasteiger partial charge in [-0.2, -0.15) is 8.78 Å². The number of carbonyl (C=O) groups is 1. The van der Waals surface area contributed by atoms with Crippen LogP contribution in [0.15, 0.2) is 47.0 Å². The van der Waals surface area contributed by atoms with E-state index >= 15 is 0 Å². The molecule has 1 unspecified atom stereocenters. The molecule has 0 bridgehead atoms.